The molecule has 1 aliphatic heterocycles. The van der Waals surface area contributed by atoms with Gasteiger partial charge in [-0.2, -0.15) is 0 Å². The standard InChI is InChI=1S/C22H27FN3O9P/c1-13(27)34-25-36(31,35-16-9-5-7-14-6-3-4-8-15(14)16)32-12-17-19(29)22(2,23)20(33-17)26-11-10-18(28)24-21(26)30/h5,7,9-11,17,19-20,29H,3-4,6,8,12H2,1-2H3,(H,25,31)(H,24,28,30)/t17-,19-,20-,22-,36?/m1/s1. The maximum absolute atomic E-state index is 15.4. The number of benzene rings is 1. The van der Waals surface area contributed by atoms with Crippen molar-refractivity contribution >= 4 is 13.7 Å². The quantitative estimate of drug-likeness (QED) is 0.341. The van der Waals surface area contributed by atoms with E-state index in [1.807, 2.05) is 16.3 Å². The van der Waals surface area contributed by atoms with Crippen LogP contribution in [0.1, 0.15) is 44.0 Å². The lowest BCUT2D eigenvalue weighted by Gasteiger charge is -2.25. The Balaban J connectivity index is 1.54. The number of nitrogens with one attached hydrogen (secondary N) is 2. The zero-order valence-electron chi connectivity index (χ0n) is 19.6. The monoisotopic (exact) mass is 527 g/mol. The molecule has 1 aliphatic carbocycles. The highest BCUT2D eigenvalue weighted by atomic mass is 31.2. The van der Waals surface area contributed by atoms with Crippen LogP contribution in [0.5, 0.6) is 5.75 Å². The van der Waals surface area contributed by atoms with Gasteiger partial charge in [-0.15, -0.1) is 0 Å². The minimum absolute atomic E-state index is 0.274. The molecule has 1 aromatic carbocycles. The first-order valence-electron chi connectivity index (χ1n) is 11.3. The van der Waals surface area contributed by atoms with Gasteiger partial charge in [-0.3, -0.25) is 23.7 Å². The molecule has 2 aliphatic rings. The molecule has 36 heavy (non-hydrogen) atoms. The number of aryl methyl sites for hydroxylation is 1. The van der Waals surface area contributed by atoms with Crippen LogP contribution in [0.25, 0.3) is 0 Å². The van der Waals surface area contributed by atoms with Crippen LogP contribution in [-0.2, 0) is 36.3 Å². The second-order valence-corrected chi connectivity index (χ2v) is 10.4. The smallest absolute Gasteiger partial charge is 0.411 e. The van der Waals surface area contributed by atoms with Gasteiger partial charge in [0.1, 0.15) is 18.0 Å². The zero-order chi connectivity index (χ0) is 26.1. The van der Waals surface area contributed by atoms with Gasteiger partial charge in [-0.05, 0) is 55.1 Å². The molecule has 0 spiro atoms. The number of fused-ring (bicyclic) bond motifs is 1. The third kappa shape index (κ3) is 5.45. The van der Waals surface area contributed by atoms with Crippen LogP contribution in [0.4, 0.5) is 4.39 Å². The summed E-state index contributed by atoms with van der Waals surface area (Å²) in [5.41, 5.74) is -2.22. The van der Waals surface area contributed by atoms with Gasteiger partial charge in [0, 0.05) is 19.2 Å². The van der Waals surface area contributed by atoms with E-state index >= 15 is 4.39 Å². The second kappa shape index (κ2) is 10.3. The Hall–Kier alpha value is -2.83. The number of aliphatic hydroxyl groups excluding tert-OH is 1. The number of carbonyl (C=O) groups excluding carboxylic acids is 1. The van der Waals surface area contributed by atoms with Gasteiger partial charge in [0.25, 0.3) is 5.56 Å². The van der Waals surface area contributed by atoms with Crippen LogP contribution in [0.15, 0.2) is 40.1 Å². The first-order valence-corrected chi connectivity index (χ1v) is 12.9. The van der Waals surface area contributed by atoms with Crippen LogP contribution in [-0.4, -0.2) is 45.1 Å². The van der Waals surface area contributed by atoms with E-state index in [-0.39, 0.29) is 5.75 Å². The van der Waals surface area contributed by atoms with E-state index in [0.29, 0.717) is 6.42 Å². The van der Waals surface area contributed by atoms with Crippen molar-refractivity contribution in [3.05, 3.63) is 62.4 Å². The van der Waals surface area contributed by atoms with E-state index in [1.165, 1.54) is 0 Å². The van der Waals surface area contributed by atoms with Crippen molar-refractivity contribution in [1.29, 1.82) is 0 Å². The highest BCUT2D eigenvalue weighted by Crippen LogP contribution is 2.48. The fourth-order valence-corrected chi connectivity index (χ4v) is 5.44. The first-order chi connectivity index (χ1) is 17.0. The molecule has 14 heteroatoms. The molecule has 4 rings (SSSR count). The number of rotatable bonds is 8. The SMILES string of the molecule is CC(=O)ONP(=O)(OC[C@H]1O[C@@H](n2ccc(=O)[nH]c2=O)[C@](C)(F)[C@@H]1O)Oc1cccc2c1CCCC2. The Labute approximate surface area is 204 Å². The molecule has 196 valence electrons. The predicted octanol–water partition coefficient (Wildman–Crippen LogP) is 1.67. The number of alkyl halides is 1. The van der Waals surface area contributed by atoms with Crippen molar-refractivity contribution in [2.75, 3.05) is 6.61 Å². The van der Waals surface area contributed by atoms with Gasteiger partial charge < -0.3 is 19.2 Å². The zero-order valence-corrected chi connectivity index (χ0v) is 20.5. The Morgan fingerprint density at radius 1 is 1.33 bits per heavy atom. The maximum atomic E-state index is 15.4. The van der Waals surface area contributed by atoms with Gasteiger partial charge >= 0.3 is 19.4 Å². The number of nitrogens with zero attached hydrogens (tertiary/aromatic N) is 1. The molecule has 2 aromatic rings. The van der Waals surface area contributed by atoms with Crippen molar-refractivity contribution in [2.45, 2.75) is 63.6 Å². The predicted molar refractivity (Wildman–Crippen MR) is 123 cm³/mol. The molecule has 1 fully saturated rings. The van der Waals surface area contributed by atoms with Crippen LogP contribution in [0.2, 0.25) is 0 Å². The molecule has 1 unspecified atom stereocenters. The minimum Gasteiger partial charge on any atom is -0.411 e. The fourth-order valence-electron chi connectivity index (χ4n) is 4.29. The van der Waals surface area contributed by atoms with Crippen molar-refractivity contribution in [3.8, 4) is 5.75 Å². The number of H-pyrrole nitrogens is 1. The third-order valence-corrected chi connectivity index (χ3v) is 7.34. The number of aliphatic hydroxyl groups is 1. The average molecular weight is 527 g/mol. The molecule has 0 saturated carbocycles. The summed E-state index contributed by atoms with van der Waals surface area (Å²) in [4.78, 5) is 41.5. The Morgan fingerprint density at radius 2 is 2.08 bits per heavy atom. The largest absolute Gasteiger partial charge is 0.491 e. The molecule has 1 aromatic heterocycles. The number of ether oxygens (including phenoxy) is 1. The van der Waals surface area contributed by atoms with E-state index in [1.54, 1.807) is 12.1 Å². The normalized spacial score (nSPS) is 27.2. The lowest BCUT2D eigenvalue weighted by Crippen LogP contribution is -2.43. The second-order valence-electron chi connectivity index (χ2n) is 8.81. The van der Waals surface area contributed by atoms with Crippen LogP contribution < -0.4 is 21.0 Å². The van der Waals surface area contributed by atoms with Gasteiger partial charge in [-0.25, -0.2) is 13.8 Å². The van der Waals surface area contributed by atoms with E-state index < -0.39 is 55.7 Å². The molecular weight excluding hydrogens is 500 g/mol. The summed E-state index contributed by atoms with van der Waals surface area (Å²) < 4.78 is 46.3. The molecule has 5 atom stereocenters. The molecule has 12 nitrogen and oxygen atoms in total. The Bertz CT molecular complexity index is 1290. The summed E-state index contributed by atoms with van der Waals surface area (Å²) in [6.07, 6.45) is -0.343. The number of hydrogen-bond acceptors (Lipinski definition) is 9. The van der Waals surface area contributed by atoms with Gasteiger partial charge in [0.2, 0.25) is 0 Å². The lowest BCUT2D eigenvalue weighted by atomic mass is 9.91. The highest BCUT2D eigenvalue weighted by molar-refractivity contribution is 7.51. The maximum Gasteiger partial charge on any atom is 0.491 e. The van der Waals surface area contributed by atoms with Gasteiger partial charge in [-0.1, -0.05) is 12.1 Å². The van der Waals surface area contributed by atoms with E-state index in [4.69, 9.17) is 13.8 Å². The minimum atomic E-state index is -4.39. The molecule has 0 amide bonds. The summed E-state index contributed by atoms with van der Waals surface area (Å²) >= 11 is 0. The number of hydrogen-bond donors (Lipinski definition) is 3. The topological polar surface area (TPSA) is 158 Å². The first kappa shape index (κ1) is 26.2. The van der Waals surface area contributed by atoms with Gasteiger partial charge in [0.15, 0.2) is 11.9 Å². The number of aromatic nitrogens is 2. The van der Waals surface area contributed by atoms with Crippen LogP contribution in [0.3, 0.4) is 0 Å². The van der Waals surface area contributed by atoms with Gasteiger partial charge in [0.05, 0.1) is 6.61 Å². The molecule has 3 N–H and O–H groups in total. The number of carbonyl (C=O) groups is 1. The Kier molecular flexibility index (Phi) is 7.48. The average Bonchev–Trinajstić information content (AvgIpc) is 3.05. The summed E-state index contributed by atoms with van der Waals surface area (Å²) in [5.74, 6) is -0.542. The van der Waals surface area contributed by atoms with E-state index in [9.17, 15) is 24.1 Å². The summed E-state index contributed by atoms with van der Waals surface area (Å²) in [6.45, 7) is 1.44. The highest BCUT2D eigenvalue weighted by Gasteiger charge is 2.56. The molecule has 1 saturated heterocycles. The molecule has 0 radical (unpaired) electrons. The summed E-state index contributed by atoms with van der Waals surface area (Å²) in [6, 6.07) is 6.29. The lowest BCUT2D eigenvalue weighted by molar-refractivity contribution is -0.145. The Morgan fingerprint density at radius 3 is 2.81 bits per heavy atom. The van der Waals surface area contributed by atoms with Crippen molar-refractivity contribution in [3.63, 3.8) is 0 Å². The molecule has 2 heterocycles. The van der Waals surface area contributed by atoms with Crippen LogP contribution in [0, 0.1) is 0 Å². The summed E-state index contributed by atoms with van der Waals surface area (Å²) in [7, 11) is -4.39. The van der Waals surface area contributed by atoms with Crippen molar-refractivity contribution in [2.24, 2.45) is 0 Å². The van der Waals surface area contributed by atoms with Crippen molar-refractivity contribution in [1.82, 2.24) is 14.8 Å². The fraction of sp³-hybridized carbons (Fsp3) is 0.500. The number of halogens is 1. The van der Waals surface area contributed by atoms with E-state index in [0.717, 1.165) is 61.1 Å². The summed E-state index contributed by atoms with van der Waals surface area (Å²) in [5, 5.41) is 12.6. The molecule has 0 bridgehead atoms. The molecular formula is C22H27FN3O9P. The third-order valence-electron chi connectivity index (χ3n) is 6.10. The number of aromatic amines is 1. The van der Waals surface area contributed by atoms with E-state index in [2.05, 4.69) is 4.84 Å². The van der Waals surface area contributed by atoms with Crippen LogP contribution >= 0.6 is 7.75 Å². The van der Waals surface area contributed by atoms with Crippen molar-refractivity contribution < 1.29 is 37.5 Å².